The molecule has 0 fully saturated rings. The minimum Gasteiger partial charge on any atom is -0.462 e. The first-order valence-electron chi connectivity index (χ1n) is 9.16. The molecule has 0 radical (unpaired) electrons. The molecule has 0 saturated carbocycles. The van der Waals surface area contributed by atoms with E-state index in [1.807, 2.05) is 0 Å². The Labute approximate surface area is 174 Å². The van der Waals surface area contributed by atoms with E-state index in [2.05, 4.69) is 10.0 Å². The molecule has 0 bridgehead atoms. The Morgan fingerprint density at radius 1 is 0.900 bits per heavy atom. The SMILES string of the molecule is CCOC(=O)c1ccccc1NC(=O)c1cccc(S(=O)(=O)Nc2ccccc2)c1. The number of carbonyl (C=O) groups is 2. The minimum absolute atomic E-state index is 0.0577. The zero-order valence-corrected chi connectivity index (χ0v) is 17.0. The Balaban J connectivity index is 1.83. The summed E-state index contributed by atoms with van der Waals surface area (Å²) in [5, 5.41) is 2.64. The third-order valence-electron chi connectivity index (χ3n) is 4.10. The number of esters is 1. The number of nitrogens with one attached hydrogen (secondary N) is 2. The van der Waals surface area contributed by atoms with Crippen LogP contribution < -0.4 is 10.0 Å². The summed E-state index contributed by atoms with van der Waals surface area (Å²) in [6, 6.07) is 20.5. The third kappa shape index (κ3) is 5.03. The molecule has 0 unspecified atom stereocenters. The van der Waals surface area contributed by atoms with Gasteiger partial charge in [0.1, 0.15) is 0 Å². The summed E-state index contributed by atoms with van der Waals surface area (Å²) >= 11 is 0. The first-order valence-corrected chi connectivity index (χ1v) is 10.6. The molecule has 0 aromatic heterocycles. The number of hydrogen-bond donors (Lipinski definition) is 2. The molecule has 0 aliphatic heterocycles. The van der Waals surface area contributed by atoms with Crippen molar-refractivity contribution in [1.29, 1.82) is 0 Å². The second-order valence-corrected chi connectivity index (χ2v) is 7.90. The molecular weight excluding hydrogens is 404 g/mol. The van der Waals surface area contributed by atoms with E-state index in [-0.39, 0.29) is 28.3 Å². The van der Waals surface area contributed by atoms with Gasteiger partial charge in [0.2, 0.25) is 0 Å². The highest BCUT2D eigenvalue weighted by Gasteiger charge is 2.18. The summed E-state index contributed by atoms with van der Waals surface area (Å²) in [6.07, 6.45) is 0. The van der Waals surface area contributed by atoms with Crippen molar-refractivity contribution < 1.29 is 22.7 Å². The number of ether oxygens (including phenoxy) is 1. The average Bonchev–Trinajstić information content (AvgIpc) is 2.75. The number of carbonyl (C=O) groups excluding carboxylic acids is 2. The van der Waals surface area contributed by atoms with Gasteiger partial charge < -0.3 is 10.1 Å². The molecule has 3 aromatic rings. The summed E-state index contributed by atoms with van der Waals surface area (Å²) in [4.78, 5) is 24.7. The summed E-state index contributed by atoms with van der Waals surface area (Å²) < 4.78 is 32.8. The summed E-state index contributed by atoms with van der Waals surface area (Å²) in [5.74, 6) is -1.11. The van der Waals surface area contributed by atoms with Crippen molar-refractivity contribution in [3.63, 3.8) is 0 Å². The van der Waals surface area contributed by atoms with E-state index in [0.717, 1.165) is 0 Å². The molecule has 0 saturated heterocycles. The van der Waals surface area contributed by atoms with E-state index in [4.69, 9.17) is 4.74 Å². The number of benzene rings is 3. The van der Waals surface area contributed by atoms with Crippen molar-refractivity contribution in [1.82, 2.24) is 0 Å². The Kier molecular flexibility index (Phi) is 6.48. The zero-order chi connectivity index (χ0) is 21.6. The molecule has 3 aromatic carbocycles. The van der Waals surface area contributed by atoms with E-state index < -0.39 is 21.9 Å². The van der Waals surface area contributed by atoms with Gasteiger partial charge in [-0.05, 0) is 49.4 Å². The number of hydrogen-bond acceptors (Lipinski definition) is 5. The zero-order valence-electron chi connectivity index (χ0n) is 16.2. The molecule has 1 amide bonds. The molecule has 0 spiro atoms. The molecule has 0 aliphatic rings. The van der Waals surface area contributed by atoms with Crippen LogP contribution in [0.3, 0.4) is 0 Å². The average molecular weight is 424 g/mol. The van der Waals surface area contributed by atoms with Crippen molar-refractivity contribution in [3.8, 4) is 0 Å². The number of sulfonamides is 1. The van der Waals surface area contributed by atoms with Crippen LogP contribution in [0.5, 0.6) is 0 Å². The van der Waals surface area contributed by atoms with E-state index in [1.54, 1.807) is 55.5 Å². The fourth-order valence-corrected chi connectivity index (χ4v) is 3.80. The maximum atomic E-state index is 12.7. The smallest absolute Gasteiger partial charge is 0.340 e. The third-order valence-corrected chi connectivity index (χ3v) is 5.48. The highest BCUT2D eigenvalue weighted by atomic mass is 32.2. The molecule has 0 atom stereocenters. The predicted molar refractivity (Wildman–Crippen MR) is 114 cm³/mol. The lowest BCUT2D eigenvalue weighted by molar-refractivity contribution is 0.0527. The van der Waals surface area contributed by atoms with Gasteiger partial charge >= 0.3 is 5.97 Å². The fraction of sp³-hybridized carbons (Fsp3) is 0.0909. The number of para-hydroxylation sites is 2. The van der Waals surface area contributed by atoms with Gasteiger partial charge in [0, 0.05) is 11.3 Å². The van der Waals surface area contributed by atoms with E-state index in [9.17, 15) is 18.0 Å². The van der Waals surface area contributed by atoms with Crippen LogP contribution in [0.1, 0.15) is 27.6 Å². The molecule has 2 N–H and O–H groups in total. The second kappa shape index (κ2) is 9.23. The van der Waals surface area contributed by atoms with Gasteiger partial charge in [-0.25, -0.2) is 13.2 Å². The van der Waals surface area contributed by atoms with Gasteiger partial charge in [0.25, 0.3) is 15.9 Å². The standard InChI is InChI=1S/C22H20N2O5S/c1-2-29-22(26)19-13-6-7-14-20(19)23-21(25)16-9-8-12-18(15-16)30(27,28)24-17-10-4-3-5-11-17/h3-15,24H,2H2,1H3,(H,23,25). The molecule has 0 heterocycles. The van der Waals surface area contributed by atoms with Crippen LogP contribution in [0.25, 0.3) is 0 Å². The maximum Gasteiger partial charge on any atom is 0.340 e. The van der Waals surface area contributed by atoms with Gasteiger partial charge in [-0.15, -0.1) is 0 Å². The predicted octanol–water partition coefficient (Wildman–Crippen LogP) is 3.92. The van der Waals surface area contributed by atoms with Crippen LogP contribution in [0, 0.1) is 0 Å². The Morgan fingerprint density at radius 3 is 2.33 bits per heavy atom. The minimum atomic E-state index is -3.88. The molecule has 0 aliphatic carbocycles. The van der Waals surface area contributed by atoms with E-state index in [1.165, 1.54) is 30.3 Å². The van der Waals surface area contributed by atoms with Crippen LogP contribution in [-0.2, 0) is 14.8 Å². The largest absolute Gasteiger partial charge is 0.462 e. The van der Waals surface area contributed by atoms with Crippen molar-refractivity contribution >= 4 is 33.3 Å². The van der Waals surface area contributed by atoms with Gasteiger partial charge in [0.15, 0.2) is 0 Å². The number of rotatable bonds is 7. The van der Waals surface area contributed by atoms with Crippen molar-refractivity contribution in [3.05, 3.63) is 90.0 Å². The van der Waals surface area contributed by atoms with E-state index >= 15 is 0 Å². The Bertz CT molecular complexity index is 1160. The van der Waals surface area contributed by atoms with E-state index in [0.29, 0.717) is 5.69 Å². The first kappa shape index (κ1) is 21.1. The quantitative estimate of drug-likeness (QED) is 0.560. The Morgan fingerprint density at radius 2 is 1.60 bits per heavy atom. The lowest BCUT2D eigenvalue weighted by Gasteiger charge is -2.12. The van der Waals surface area contributed by atoms with Crippen LogP contribution in [0.4, 0.5) is 11.4 Å². The molecule has 154 valence electrons. The maximum absolute atomic E-state index is 12.7. The molecule has 7 nitrogen and oxygen atoms in total. The van der Waals surface area contributed by atoms with Crippen LogP contribution in [-0.4, -0.2) is 26.9 Å². The fourth-order valence-electron chi connectivity index (χ4n) is 2.70. The van der Waals surface area contributed by atoms with Crippen LogP contribution in [0.15, 0.2) is 83.8 Å². The Hall–Kier alpha value is -3.65. The number of anilines is 2. The van der Waals surface area contributed by atoms with Gasteiger partial charge in [-0.2, -0.15) is 0 Å². The summed E-state index contributed by atoms with van der Waals surface area (Å²) in [5.41, 5.74) is 1.03. The van der Waals surface area contributed by atoms with Gasteiger partial charge in [-0.1, -0.05) is 36.4 Å². The van der Waals surface area contributed by atoms with Crippen LogP contribution in [0.2, 0.25) is 0 Å². The highest BCUT2D eigenvalue weighted by molar-refractivity contribution is 7.92. The lowest BCUT2D eigenvalue weighted by Crippen LogP contribution is -2.17. The lowest BCUT2D eigenvalue weighted by atomic mass is 10.1. The molecule has 3 rings (SSSR count). The molecule has 30 heavy (non-hydrogen) atoms. The highest BCUT2D eigenvalue weighted by Crippen LogP contribution is 2.20. The van der Waals surface area contributed by atoms with Gasteiger partial charge in [0.05, 0.1) is 22.8 Å². The molecular formula is C22H20N2O5S. The molecule has 8 heteroatoms. The van der Waals surface area contributed by atoms with Crippen LogP contribution >= 0.6 is 0 Å². The normalized spacial score (nSPS) is 10.8. The topological polar surface area (TPSA) is 102 Å². The number of amides is 1. The van der Waals surface area contributed by atoms with Crippen molar-refractivity contribution in [2.75, 3.05) is 16.6 Å². The first-order chi connectivity index (χ1) is 14.4. The monoisotopic (exact) mass is 424 g/mol. The van der Waals surface area contributed by atoms with Crippen molar-refractivity contribution in [2.45, 2.75) is 11.8 Å². The second-order valence-electron chi connectivity index (χ2n) is 6.22. The summed E-state index contributed by atoms with van der Waals surface area (Å²) in [7, 11) is -3.88. The van der Waals surface area contributed by atoms with Crippen molar-refractivity contribution in [2.24, 2.45) is 0 Å². The summed E-state index contributed by atoms with van der Waals surface area (Å²) in [6.45, 7) is 1.89. The van der Waals surface area contributed by atoms with Gasteiger partial charge in [-0.3, -0.25) is 9.52 Å².